The summed E-state index contributed by atoms with van der Waals surface area (Å²) in [6, 6.07) is 0. The van der Waals surface area contributed by atoms with E-state index in [1.54, 1.807) is 6.92 Å². The molecule has 0 atom stereocenters. The van der Waals surface area contributed by atoms with E-state index in [-0.39, 0.29) is 16.9 Å². The summed E-state index contributed by atoms with van der Waals surface area (Å²) in [7, 11) is -3.51. The fraction of sp³-hybridized carbons (Fsp3) is 0.750. The lowest BCUT2D eigenvalue weighted by molar-refractivity contribution is 0.431. The summed E-state index contributed by atoms with van der Waals surface area (Å²) in [5.74, 6) is 0.731. The summed E-state index contributed by atoms with van der Waals surface area (Å²) in [6.07, 6.45) is 4.80. The van der Waals surface area contributed by atoms with Crippen molar-refractivity contribution in [3.8, 4) is 0 Å². The highest BCUT2D eigenvalue weighted by atomic mass is 32.2. The molecule has 106 valence electrons. The first-order valence-corrected chi connectivity index (χ1v) is 8.20. The first-order chi connectivity index (χ1) is 8.98. The summed E-state index contributed by atoms with van der Waals surface area (Å²) in [5, 5.41) is 6.63. The van der Waals surface area contributed by atoms with Gasteiger partial charge >= 0.3 is 0 Å². The van der Waals surface area contributed by atoms with Crippen LogP contribution in [0.1, 0.15) is 37.1 Å². The van der Waals surface area contributed by atoms with Crippen LogP contribution in [0.25, 0.3) is 0 Å². The molecule has 3 rings (SSSR count). The number of hydrogen-bond acceptors (Lipinski definition) is 4. The molecule has 0 amide bonds. The lowest BCUT2D eigenvalue weighted by Gasteiger charge is -2.15. The van der Waals surface area contributed by atoms with Crippen LogP contribution < -0.4 is 10.5 Å². The Morgan fingerprint density at radius 2 is 2.16 bits per heavy atom. The van der Waals surface area contributed by atoms with Gasteiger partial charge in [0, 0.05) is 13.1 Å². The number of nitrogens with zero attached hydrogens (tertiary/aromatic N) is 1. The van der Waals surface area contributed by atoms with E-state index in [1.165, 1.54) is 12.8 Å². The van der Waals surface area contributed by atoms with Crippen molar-refractivity contribution < 1.29 is 8.42 Å². The van der Waals surface area contributed by atoms with E-state index in [9.17, 15) is 8.42 Å². The topological polar surface area (TPSA) is 101 Å². The Bertz CT molecular complexity index is 585. The second-order valence-corrected chi connectivity index (χ2v) is 7.49. The van der Waals surface area contributed by atoms with Crippen LogP contribution in [0.3, 0.4) is 0 Å². The maximum atomic E-state index is 12.4. The highest BCUT2D eigenvalue weighted by molar-refractivity contribution is 7.89. The standard InChI is InChI=1S/C12H20N4O2S/c1-8-11(10(6-13)16-15-8)19(17,18)14-7-12(4-5-12)9-2-3-9/h9,14H,2-7,13H2,1H3,(H,15,16). The highest BCUT2D eigenvalue weighted by Crippen LogP contribution is 2.60. The molecule has 19 heavy (non-hydrogen) atoms. The molecular formula is C12H20N4O2S. The lowest BCUT2D eigenvalue weighted by atomic mass is 10.0. The van der Waals surface area contributed by atoms with Gasteiger partial charge in [-0.2, -0.15) is 5.10 Å². The number of aromatic amines is 1. The van der Waals surface area contributed by atoms with Crippen LogP contribution in [0.5, 0.6) is 0 Å². The minimum Gasteiger partial charge on any atom is -0.325 e. The van der Waals surface area contributed by atoms with Gasteiger partial charge in [-0.15, -0.1) is 0 Å². The molecule has 0 spiro atoms. The van der Waals surface area contributed by atoms with E-state index in [4.69, 9.17) is 5.73 Å². The normalized spacial score (nSPS) is 21.6. The Labute approximate surface area is 113 Å². The van der Waals surface area contributed by atoms with Gasteiger partial charge in [0.25, 0.3) is 0 Å². The first kappa shape index (κ1) is 13.1. The number of rotatable bonds is 6. The van der Waals surface area contributed by atoms with Crippen LogP contribution >= 0.6 is 0 Å². The van der Waals surface area contributed by atoms with Crippen molar-refractivity contribution in [2.24, 2.45) is 17.1 Å². The smallest absolute Gasteiger partial charge is 0.244 e. The number of nitrogens with two attached hydrogens (primary N) is 1. The van der Waals surface area contributed by atoms with E-state index < -0.39 is 10.0 Å². The lowest BCUT2D eigenvalue weighted by Crippen LogP contribution is -2.32. The molecule has 6 nitrogen and oxygen atoms in total. The maximum absolute atomic E-state index is 12.4. The Morgan fingerprint density at radius 1 is 1.47 bits per heavy atom. The number of hydrogen-bond donors (Lipinski definition) is 3. The largest absolute Gasteiger partial charge is 0.325 e. The zero-order valence-electron chi connectivity index (χ0n) is 11.1. The maximum Gasteiger partial charge on any atom is 0.244 e. The van der Waals surface area contributed by atoms with Gasteiger partial charge in [-0.05, 0) is 43.9 Å². The van der Waals surface area contributed by atoms with Crippen molar-refractivity contribution in [1.29, 1.82) is 0 Å². The highest BCUT2D eigenvalue weighted by Gasteiger charge is 2.53. The van der Waals surface area contributed by atoms with Gasteiger partial charge in [0.2, 0.25) is 10.0 Å². The average Bonchev–Trinajstić information content (AvgIpc) is 3.23. The van der Waals surface area contributed by atoms with Crippen molar-refractivity contribution >= 4 is 10.0 Å². The van der Waals surface area contributed by atoms with Crippen LogP contribution in [0.15, 0.2) is 4.90 Å². The van der Waals surface area contributed by atoms with Gasteiger partial charge in [0.15, 0.2) is 0 Å². The predicted molar refractivity (Wildman–Crippen MR) is 70.8 cm³/mol. The molecule has 2 saturated carbocycles. The van der Waals surface area contributed by atoms with Crippen molar-refractivity contribution in [3.63, 3.8) is 0 Å². The molecule has 0 aliphatic heterocycles. The number of sulfonamides is 1. The fourth-order valence-corrected chi connectivity index (χ4v) is 4.37. The quantitative estimate of drug-likeness (QED) is 0.713. The van der Waals surface area contributed by atoms with Gasteiger partial charge in [-0.3, -0.25) is 5.10 Å². The molecule has 2 aliphatic rings. The minimum atomic E-state index is -3.51. The Balaban J connectivity index is 1.77. The molecule has 7 heteroatoms. The molecule has 2 fully saturated rings. The van der Waals surface area contributed by atoms with Gasteiger partial charge < -0.3 is 5.73 Å². The third kappa shape index (κ3) is 2.30. The Hall–Kier alpha value is -0.920. The molecule has 2 aliphatic carbocycles. The minimum absolute atomic E-state index is 0.119. The SMILES string of the molecule is Cc1[nH]nc(CN)c1S(=O)(=O)NCC1(C2CC2)CC1. The number of aromatic nitrogens is 2. The Kier molecular flexibility index (Phi) is 2.95. The second-order valence-electron chi connectivity index (χ2n) is 5.79. The van der Waals surface area contributed by atoms with E-state index in [2.05, 4.69) is 14.9 Å². The Morgan fingerprint density at radius 3 is 2.68 bits per heavy atom. The van der Waals surface area contributed by atoms with Gasteiger partial charge in [0.1, 0.15) is 4.90 Å². The van der Waals surface area contributed by atoms with Crippen molar-refractivity contribution in [2.45, 2.75) is 44.0 Å². The van der Waals surface area contributed by atoms with Gasteiger partial charge in [-0.1, -0.05) is 0 Å². The summed E-state index contributed by atoms with van der Waals surface area (Å²) >= 11 is 0. The van der Waals surface area contributed by atoms with Gasteiger partial charge in [0.05, 0.1) is 11.4 Å². The summed E-state index contributed by atoms with van der Waals surface area (Å²) in [4.78, 5) is 0.224. The third-order valence-electron chi connectivity index (χ3n) is 4.37. The predicted octanol–water partition coefficient (Wildman–Crippen LogP) is 0.645. The van der Waals surface area contributed by atoms with Crippen molar-refractivity contribution in [2.75, 3.05) is 6.54 Å². The van der Waals surface area contributed by atoms with E-state index in [0.29, 0.717) is 17.9 Å². The van der Waals surface area contributed by atoms with Crippen molar-refractivity contribution in [1.82, 2.24) is 14.9 Å². The van der Waals surface area contributed by atoms with E-state index in [1.807, 2.05) is 0 Å². The van der Waals surface area contributed by atoms with Crippen LogP contribution in [0.4, 0.5) is 0 Å². The zero-order chi connectivity index (χ0) is 13.7. The second kappa shape index (κ2) is 4.29. The molecule has 4 N–H and O–H groups in total. The van der Waals surface area contributed by atoms with Crippen molar-refractivity contribution in [3.05, 3.63) is 11.4 Å². The molecule has 1 aromatic heterocycles. The summed E-state index contributed by atoms with van der Waals surface area (Å²) < 4.78 is 27.5. The monoisotopic (exact) mass is 284 g/mol. The van der Waals surface area contributed by atoms with Gasteiger partial charge in [-0.25, -0.2) is 13.1 Å². The molecular weight excluding hydrogens is 264 g/mol. The molecule has 1 heterocycles. The average molecular weight is 284 g/mol. The van der Waals surface area contributed by atoms with Crippen LogP contribution in [-0.4, -0.2) is 25.2 Å². The number of H-pyrrole nitrogens is 1. The molecule has 0 unspecified atom stereocenters. The summed E-state index contributed by atoms with van der Waals surface area (Å²) in [6.45, 7) is 2.37. The van der Waals surface area contributed by atoms with E-state index in [0.717, 1.165) is 18.8 Å². The molecule has 0 radical (unpaired) electrons. The number of aryl methyl sites for hydroxylation is 1. The third-order valence-corrected chi connectivity index (χ3v) is 5.98. The summed E-state index contributed by atoms with van der Waals surface area (Å²) in [5.41, 5.74) is 6.73. The molecule has 0 saturated heterocycles. The molecule has 1 aromatic rings. The van der Waals surface area contributed by atoms with Crippen LogP contribution in [0, 0.1) is 18.3 Å². The fourth-order valence-electron chi connectivity index (χ4n) is 2.86. The van der Waals surface area contributed by atoms with Crippen LogP contribution in [-0.2, 0) is 16.6 Å². The number of nitrogens with one attached hydrogen (secondary N) is 2. The van der Waals surface area contributed by atoms with Crippen LogP contribution in [0.2, 0.25) is 0 Å². The molecule has 0 bridgehead atoms. The molecule has 0 aromatic carbocycles. The van der Waals surface area contributed by atoms with E-state index >= 15 is 0 Å². The zero-order valence-corrected chi connectivity index (χ0v) is 11.9. The first-order valence-electron chi connectivity index (χ1n) is 6.72.